The lowest BCUT2D eigenvalue weighted by Crippen LogP contribution is -2.03. The van der Waals surface area contributed by atoms with E-state index in [2.05, 4.69) is 5.10 Å². The van der Waals surface area contributed by atoms with Crippen molar-refractivity contribution < 1.29 is 9.53 Å². The molecule has 5 nitrogen and oxygen atoms in total. The summed E-state index contributed by atoms with van der Waals surface area (Å²) in [7, 11) is 3.21. The molecule has 3 rings (SSSR count). The van der Waals surface area contributed by atoms with Gasteiger partial charge in [-0.25, -0.2) is 4.79 Å². The maximum atomic E-state index is 11.9. The number of rotatable bonds is 4. The number of nitrogens with zero attached hydrogens (tertiary/aromatic N) is 2. The molecule has 0 radical (unpaired) electrons. The molecule has 0 saturated heterocycles. The fourth-order valence-electron chi connectivity index (χ4n) is 2.39. The number of carbonyl (C=O) groups is 1. The number of nitrogen functional groups attached to an aromatic ring is 1. The molecule has 1 heterocycles. The number of hydrogen-bond donors (Lipinski definition) is 1. The van der Waals surface area contributed by atoms with Gasteiger partial charge in [-0.15, -0.1) is 0 Å². The van der Waals surface area contributed by atoms with Crippen molar-refractivity contribution in [3.8, 4) is 11.3 Å². The zero-order chi connectivity index (χ0) is 17.1. The molecule has 2 aromatic carbocycles. The summed E-state index contributed by atoms with van der Waals surface area (Å²) in [6, 6.07) is 17.1. The van der Waals surface area contributed by atoms with Gasteiger partial charge in [0.05, 0.1) is 18.4 Å². The van der Waals surface area contributed by atoms with E-state index >= 15 is 0 Å². The van der Waals surface area contributed by atoms with Crippen LogP contribution in [-0.4, -0.2) is 22.9 Å². The van der Waals surface area contributed by atoms with Crippen LogP contribution in [-0.2, 0) is 11.8 Å². The maximum absolute atomic E-state index is 11.9. The van der Waals surface area contributed by atoms with Crippen LogP contribution in [0.2, 0.25) is 0 Å². The fourth-order valence-corrected chi connectivity index (χ4v) is 3.39. The SMILES string of the molecule is COC(=O)c1ccccc1Sc1c(N)c(-c2ccccc2)nn1C. The third kappa shape index (κ3) is 3.00. The third-order valence-electron chi connectivity index (χ3n) is 3.58. The van der Waals surface area contributed by atoms with Crippen LogP contribution in [0.25, 0.3) is 11.3 Å². The first-order valence-corrected chi connectivity index (χ1v) is 8.16. The minimum absolute atomic E-state index is 0.373. The van der Waals surface area contributed by atoms with E-state index in [4.69, 9.17) is 10.5 Å². The second-order valence-electron chi connectivity index (χ2n) is 5.15. The topological polar surface area (TPSA) is 70.1 Å². The van der Waals surface area contributed by atoms with Gasteiger partial charge < -0.3 is 10.5 Å². The third-order valence-corrected chi connectivity index (χ3v) is 4.83. The van der Waals surface area contributed by atoms with Crippen LogP contribution in [0.5, 0.6) is 0 Å². The van der Waals surface area contributed by atoms with E-state index in [9.17, 15) is 4.79 Å². The van der Waals surface area contributed by atoms with Crippen molar-refractivity contribution in [2.45, 2.75) is 9.92 Å². The number of methoxy groups -OCH3 is 1. The molecule has 0 amide bonds. The Morgan fingerprint density at radius 1 is 1.12 bits per heavy atom. The largest absolute Gasteiger partial charge is 0.465 e. The Morgan fingerprint density at radius 3 is 2.50 bits per heavy atom. The van der Waals surface area contributed by atoms with Gasteiger partial charge in [-0.1, -0.05) is 54.2 Å². The molecule has 122 valence electrons. The second kappa shape index (κ2) is 6.80. The van der Waals surface area contributed by atoms with E-state index in [1.165, 1.54) is 18.9 Å². The van der Waals surface area contributed by atoms with Crippen molar-refractivity contribution in [3.05, 3.63) is 60.2 Å². The number of hydrogen-bond acceptors (Lipinski definition) is 5. The van der Waals surface area contributed by atoms with Crippen molar-refractivity contribution >= 4 is 23.4 Å². The first-order valence-electron chi connectivity index (χ1n) is 7.35. The number of carbonyl (C=O) groups excluding carboxylic acids is 1. The number of aromatic nitrogens is 2. The number of anilines is 1. The summed E-state index contributed by atoms with van der Waals surface area (Å²) in [4.78, 5) is 12.7. The lowest BCUT2D eigenvalue weighted by molar-refractivity contribution is 0.0597. The average Bonchev–Trinajstić information content (AvgIpc) is 2.90. The molecule has 0 saturated carbocycles. The number of nitrogens with two attached hydrogens (primary N) is 1. The van der Waals surface area contributed by atoms with Crippen LogP contribution < -0.4 is 5.73 Å². The molecule has 0 aliphatic rings. The summed E-state index contributed by atoms with van der Waals surface area (Å²) < 4.78 is 6.58. The van der Waals surface area contributed by atoms with Gasteiger partial charge in [0.25, 0.3) is 0 Å². The van der Waals surface area contributed by atoms with Crippen LogP contribution in [0.4, 0.5) is 5.69 Å². The van der Waals surface area contributed by atoms with E-state index in [1.807, 2.05) is 49.5 Å². The molecule has 3 aromatic rings. The second-order valence-corrected chi connectivity index (χ2v) is 6.18. The maximum Gasteiger partial charge on any atom is 0.339 e. The molecule has 0 aliphatic carbocycles. The quantitative estimate of drug-likeness (QED) is 0.735. The Bertz CT molecular complexity index is 875. The first kappa shape index (κ1) is 16.1. The number of aryl methyl sites for hydroxylation is 1. The van der Waals surface area contributed by atoms with E-state index in [1.54, 1.807) is 16.8 Å². The molecule has 0 unspecified atom stereocenters. The Kier molecular flexibility index (Phi) is 4.57. The van der Waals surface area contributed by atoms with Gasteiger partial charge in [0.15, 0.2) is 0 Å². The zero-order valence-electron chi connectivity index (χ0n) is 13.4. The minimum Gasteiger partial charge on any atom is -0.465 e. The van der Waals surface area contributed by atoms with Gasteiger partial charge in [0.1, 0.15) is 10.7 Å². The van der Waals surface area contributed by atoms with Crippen molar-refractivity contribution in [1.82, 2.24) is 9.78 Å². The van der Waals surface area contributed by atoms with Crippen molar-refractivity contribution in [2.75, 3.05) is 12.8 Å². The number of esters is 1. The minimum atomic E-state index is -0.373. The van der Waals surface area contributed by atoms with Gasteiger partial charge >= 0.3 is 5.97 Å². The molecule has 2 N–H and O–H groups in total. The Morgan fingerprint density at radius 2 is 1.79 bits per heavy atom. The molecule has 0 spiro atoms. The smallest absolute Gasteiger partial charge is 0.339 e. The van der Waals surface area contributed by atoms with Crippen LogP contribution >= 0.6 is 11.8 Å². The van der Waals surface area contributed by atoms with Gasteiger partial charge in [0.2, 0.25) is 0 Å². The summed E-state index contributed by atoms with van der Waals surface area (Å²) in [6.07, 6.45) is 0. The summed E-state index contributed by atoms with van der Waals surface area (Å²) >= 11 is 1.40. The van der Waals surface area contributed by atoms with Crippen LogP contribution in [0, 0.1) is 0 Å². The van der Waals surface area contributed by atoms with Crippen LogP contribution in [0.3, 0.4) is 0 Å². The van der Waals surface area contributed by atoms with Gasteiger partial charge in [-0.3, -0.25) is 4.68 Å². The van der Waals surface area contributed by atoms with Gasteiger partial charge in [-0.05, 0) is 12.1 Å². The zero-order valence-corrected chi connectivity index (χ0v) is 14.2. The average molecular weight is 339 g/mol. The van der Waals surface area contributed by atoms with Gasteiger partial charge in [0, 0.05) is 17.5 Å². The summed E-state index contributed by atoms with van der Waals surface area (Å²) in [5.41, 5.74) is 9.11. The van der Waals surface area contributed by atoms with Gasteiger partial charge in [-0.2, -0.15) is 5.10 Å². The van der Waals surface area contributed by atoms with E-state index < -0.39 is 0 Å². The monoisotopic (exact) mass is 339 g/mol. The predicted octanol–water partition coefficient (Wildman–Crippen LogP) is 3.61. The predicted molar refractivity (Wildman–Crippen MR) is 95.0 cm³/mol. The standard InChI is InChI=1S/C18H17N3O2S/c1-21-17(15(19)16(20-21)12-8-4-3-5-9-12)24-14-11-7-6-10-13(14)18(22)23-2/h3-11H,19H2,1-2H3. The molecular weight excluding hydrogens is 322 g/mol. The lowest BCUT2D eigenvalue weighted by Gasteiger charge is -2.08. The molecular formula is C18H17N3O2S. The highest BCUT2D eigenvalue weighted by atomic mass is 32.2. The van der Waals surface area contributed by atoms with E-state index in [0.717, 1.165) is 21.2 Å². The molecule has 1 aromatic heterocycles. The molecule has 6 heteroatoms. The van der Waals surface area contributed by atoms with Crippen molar-refractivity contribution in [2.24, 2.45) is 7.05 Å². The molecule has 0 fully saturated rings. The van der Waals surface area contributed by atoms with Crippen LogP contribution in [0.15, 0.2) is 64.5 Å². The highest BCUT2D eigenvalue weighted by Gasteiger charge is 2.19. The fraction of sp³-hybridized carbons (Fsp3) is 0.111. The first-order chi connectivity index (χ1) is 11.6. The molecule has 0 atom stereocenters. The van der Waals surface area contributed by atoms with E-state index in [0.29, 0.717) is 11.3 Å². The summed E-state index contributed by atoms with van der Waals surface area (Å²) in [5, 5.41) is 5.31. The van der Waals surface area contributed by atoms with Crippen molar-refractivity contribution in [1.29, 1.82) is 0 Å². The summed E-state index contributed by atoms with van der Waals surface area (Å²) in [6.45, 7) is 0. The number of benzene rings is 2. The normalized spacial score (nSPS) is 10.6. The molecule has 24 heavy (non-hydrogen) atoms. The number of ether oxygens (including phenoxy) is 1. The van der Waals surface area contributed by atoms with Crippen LogP contribution in [0.1, 0.15) is 10.4 Å². The van der Waals surface area contributed by atoms with Crippen molar-refractivity contribution in [3.63, 3.8) is 0 Å². The Labute approximate surface area is 144 Å². The highest BCUT2D eigenvalue weighted by molar-refractivity contribution is 7.99. The Balaban J connectivity index is 2.01. The van der Waals surface area contributed by atoms with E-state index in [-0.39, 0.29) is 5.97 Å². The lowest BCUT2D eigenvalue weighted by atomic mass is 10.1. The highest BCUT2D eigenvalue weighted by Crippen LogP contribution is 2.38. The molecule has 0 aliphatic heterocycles. The molecule has 0 bridgehead atoms. The summed E-state index contributed by atoms with van der Waals surface area (Å²) in [5.74, 6) is -0.373. The Hall–Kier alpha value is -2.73.